The fourth-order valence-electron chi connectivity index (χ4n) is 4.88. The van der Waals surface area contributed by atoms with Gasteiger partial charge in [-0.2, -0.15) is 12.9 Å². The number of nitrogens with zero attached hydrogens (tertiary/aromatic N) is 4. The standard InChI is InChI=1S/C12H19NO2S.C10H14N2O2S.C9H13NO2S2/c1-11(2)9-13(16(3,14)15)10-12-7-5-4-6-8-12;1-8(2)6-12-7-9-10(15(12,13)14)4-3-5-11-9;1-7(2)5-10-6-8-9(3-4-13-8)14(10,11)12/h4-8,11H,9-10H2,1-3H3;3-5,8H,6-7H2,1-2H3;3-4,7H,5-6H2,1-2H3. The number of aromatic nitrogens is 1. The highest BCUT2D eigenvalue weighted by molar-refractivity contribution is 7.90. The van der Waals surface area contributed by atoms with Crippen molar-refractivity contribution in [1.29, 1.82) is 0 Å². The Hall–Kier alpha value is -2.20. The van der Waals surface area contributed by atoms with Gasteiger partial charge in [0.2, 0.25) is 30.1 Å². The molecular formula is C31H46N4O6S4. The molecule has 0 radical (unpaired) electrons. The van der Waals surface area contributed by atoms with Gasteiger partial charge in [-0.3, -0.25) is 4.98 Å². The van der Waals surface area contributed by atoms with Crippen LogP contribution in [0, 0.1) is 17.8 Å². The van der Waals surface area contributed by atoms with Crippen molar-refractivity contribution in [3.63, 3.8) is 0 Å². The van der Waals surface area contributed by atoms with Crippen molar-refractivity contribution in [1.82, 2.24) is 17.9 Å². The normalized spacial score (nSPS) is 17.1. The maximum absolute atomic E-state index is 12.0. The van der Waals surface area contributed by atoms with Crippen LogP contribution in [0.1, 0.15) is 57.7 Å². The van der Waals surface area contributed by atoms with E-state index in [1.807, 2.05) is 77.3 Å². The van der Waals surface area contributed by atoms with Crippen LogP contribution in [-0.2, 0) is 49.7 Å². The first-order valence-corrected chi connectivity index (χ1v) is 20.5. The first-order chi connectivity index (χ1) is 20.9. The van der Waals surface area contributed by atoms with Crippen LogP contribution < -0.4 is 0 Å². The number of hydrogen-bond acceptors (Lipinski definition) is 8. The van der Waals surface area contributed by atoms with E-state index < -0.39 is 30.1 Å². The molecule has 250 valence electrons. The van der Waals surface area contributed by atoms with Gasteiger partial charge < -0.3 is 0 Å². The van der Waals surface area contributed by atoms with Crippen LogP contribution in [0.5, 0.6) is 0 Å². The van der Waals surface area contributed by atoms with Crippen molar-refractivity contribution in [2.45, 2.75) is 71.0 Å². The van der Waals surface area contributed by atoms with Crippen LogP contribution >= 0.6 is 11.3 Å². The third kappa shape index (κ3) is 10.1. The average Bonchev–Trinajstić information content (AvgIpc) is 3.57. The zero-order valence-electron chi connectivity index (χ0n) is 27.1. The van der Waals surface area contributed by atoms with Crippen molar-refractivity contribution in [3.8, 4) is 0 Å². The van der Waals surface area contributed by atoms with Crippen molar-refractivity contribution in [2.24, 2.45) is 17.8 Å². The molecule has 0 saturated heterocycles. The quantitative estimate of drug-likeness (QED) is 0.299. The second-order valence-electron chi connectivity index (χ2n) is 12.5. The van der Waals surface area contributed by atoms with E-state index in [1.54, 1.807) is 28.7 Å². The van der Waals surface area contributed by atoms with Gasteiger partial charge in [0, 0.05) is 43.8 Å². The van der Waals surface area contributed by atoms with E-state index in [4.69, 9.17) is 0 Å². The minimum absolute atomic E-state index is 0.328. The SMILES string of the molecule is CC(C)CN(Cc1ccccc1)S(C)(=O)=O.CC(C)CN1Cc2ncccc2S1(=O)=O.CC(C)CN1Cc2sccc2S1(=O)=O. The number of sulfonamides is 3. The molecule has 0 unspecified atom stereocenters. The van der Waals surface area contributed by atoms with Crippen LogP contribution in [0.2, 0.25) is 0 Å². The third-order valence-electron chi connectivity index (χ3n) is 6.81. The highest BCUT2D eigenvalue weighted by Gasteiger charge is 2.36. The molecule has 0 spiro atoms. The molecular weight excluding hydrogens is 653 g/mol. The van der Waals surface area contributed by atoms with E-state index in [-0.39, 0.29) is 0 Å². The average molecular weight is 699 g/mol. The monoisotopic (exact) mass is 698 g/mol. The summed E-state index contributed by atoms with van der Waals surface area (Å²) in [7, 11) is -9.55. The largest absolute Gasteiger partial charge is 0.258 e. The summed E-state index contributed by atoms with van der Waals surface area (Å²) in [6.45, 7) is 15.3. The second kappa shape index (κ2) is 15.6. The third-order valence-corrected chi connectivity index (χ3v) is 12.8. The minimum atomic E-state index is -3.27. The Balaban J connectivity index is 0.000000184. The number of hydrogen-bond donors (Lipinski definition) is 0. The Morgan fingerprint density at radius 1 is 0.800 bits per heavy atom. The topological polar surface area (TPSA) is 125 Å². The predicted molar refractivity (Wildman–Crippen MR) is 180 cm³/mol. The summed E-state index contributed by atoms with van der Waals surface area (Å²) in [5.41, 5.74) is 1.69. The Morgan fingerprint density at radius 3 is 1.89 bits per heavy atom. The van der Waals surface area contributed by atoms with Gasteiger partial charge in [-0.1, -0.05) is 71.9 Å². The van der Waals surface area contributed by atoms with E-state index in [0.717, 1.165) is 10.4 Å². The number of pyridine rings is 1. The van der Waals surface area contributed by atoms with Crippen molar-refractivity contribution < 1.29 is 25.3 Å². The lowest BCUT2D eigenvalue weighted by Crippen LogP contribution is -2.32. The van der Waals surface area contributed by atoms with E-state index in [2.05, 4.69) is 4.98 Å². The molecule has 10 nitrogen and oxygen atoms in total. The molecule has 5 rings (SSSR count). The lowest BCUT2D eigenvalue weighted by atomic mass is 10.2. The van der Waals surface area contributed by atoms with E-state index in [9.17, 15) is 25.3 Å². The number of benzene rings is 1. The summed E-state index contributed by atoms with van der Waals surface area (Å²) in [6.07, 6.45) is 2.89. The van der Waals surface area contributed by atoms with Crippen molar-refractivity contribution in [3.05, 3.63) is 76.2 Å². The van der Waals surface area contributed by atoms with Crippen LogP contribution in [0.15, 0.2) is 69.9 Å². The maximum Gasteiger partial charge on any atom is 0.245 e. The van der Waals surface area contributed by atoms with Gasteiger partial charge >= 0.3 is 0 Å². The lowest BCUT2D eigenvalue weighted by molar-refractivity contribution is 0.365. The van der Waals surface area contributed by atoms with Gasteiger partial charge in [0.25, 0.3) is 0 Å². The zero-order chi connectivity index (χ0) is 33.6. The van der Waals surface area contributed by atoms with E-state index in [0.29, 0.717) is 72.5 Å². The van der Waals surface area contributed by atoms with Crippen molar-refractivity contribution in [2.75, 3.05) is 25.9 Å². The fourth-order valence-corrected chi connectivity index (χ4v) is 10.6. The fraction of sp³-hybridized carbons (Fsp3) is 0.516. The molecule has 0 bridgehead atoms. The molecule has 14 heteroatoms. The Bertz CT molecular complexity index is 1720. The van der Waals surface area contributed by atoms with Gasteiger partial charge in [-0.05, 0) is 46.9 Å². The molecule has 0 N–H and O–H groups in total. The first-order valence-electron chi connectivity index (χ1n) is 14.9. The molecule has 0 atom stereocenters. The predicted octanol–water partition coefficient (Wildman–Crippen LogP) is 5.25. The second-order valence-corrected chi connectivity index (χ2v) is 19.3. The summed E-state index contributed by atoms with van der Waals surface area (Å²) in [4.78, 5) is 5.95. The molecule has 0 aliphatic carbocycles. The molecule has 45 heavy (non-hydrogen) atoms. The summed E-state index contributed by atoms with van der Waals surface area (Å²) in [5.74, 6) is 1.03. The number of thiophene rings is 1. The molecule has 4 heterocycles. The molecule has 1 aromatic carbocycles. The van der Waals surface area contributed by atoms with Gasteiger partial charge in [-0.25, -0.2) is 25.3 Å². The minimum Gasteiger partial charge on any atom is -0.258 e. The first kappa shape index (κ1) is 37.3. The van der Waals surface area contributed by atoms with E-state index >= 15 is 0 Å². The highest BCUT2D eigenvalue weighted by atomic mass is 32.2. The van der Waals surface area contributed by atoms with E-state index in [1.165, 1.54) is 26.2 Å². The lowest BCUT2D eigenvalue weighted by Gasteiger charge is -2.21. The highest BCUT2D eigenvalue weighted by Crippen LogP contribution is 2.34. The smallest absolute Gasteiger partial charge is 0.245 e. The molecule has 0 fully saturated rings. The van der Waals surface area contributed by atoms with Gasteiger partial charge in [0.05, 0.1) is 23.4 Å². The van der Waals surface area contributed by atoms with Gasteiger partial charge in [0.1, 0.15) is 4.90 Å². The summed E-state index contributed by atoms with van der Waals surface area (Å²) >= 11 is 1.52. The van der Waals surface area contributed by atoms with Crippen molar-refractivity contribution >= 4 is 41.4 Å². The van der Waals surface area contributed by atoms with Gasteiger partial charge in [0.15, 0.2) is 0 Å². The summed E-state index contributed by atoms with van der Waals surface area (Å²) < 4.78 is 75.6. The van der Waals surface area contributed by atoms with Crippen LogP contribution in [0.4, 0.5) is 0 Å². The maximum atomic E-state index is 12.0. The summed E-state index contributed by atoms with van der Waals surface area (Å²) in [5, 5.41) is 1.84. The van der Waals surface area contributed by atoms with Gasteiger partial charge in [-0.15, -0.1) is 11.3 Å². The zero-order valence-corrected chi connectivity index (χ0v) is 30.4. The Morgan fingerprint density at radius 2 is 1.38 bits per heavy atom. The Kier molecular flexibility index (Phi) is 12.9. The molecule has 2 aromatic heterocycles. The number of rotatable bonds is 9. The molecule has 0 amide bonds. The van der Waals surface area contributed by atoms with Crippen LogP contribution in [-0.4, -0.2) is 69.0 Å². The van der Waals surface area contributed by atoms with Crippen LogP contribution in [0.25, 0.3) is 0 Å². The number of fused-ring (bicyclic) bond motifs is 2. The molecule has 2 aliphatic heterocycles. The molecule has 0 saturated carbocycles. The molecule has 2 aliphatic rings. The summed E-state index contributed by atoms with van der Waals surface area (Å²) in [6, 6.07) is 14.6. The Labute approximate surface area is 274 Å². The van der Waals surface area contributed by atoms with Crippen LogP contribution in [0.3, 0.4) is 0 Å². The molecule has 3 aromatic rings.